The summed E-state index contributed by atoms with van der Waals surface area (Å²) in [6.07, 6.45) is 6.62. The van der Waals surface area contributed by atoms with Crippen LogP contribution in [0.2, 0.25) is 0 Å². The molecule has 0 spiro atoms. The van der Waals surface area contributed by atoms with E-state index in [1.54, 1.807) is 24.3 Å². The lowest BCUT2D eigenvalue weighted by Crippen LogP contribution is -2.17. The molecule has 0 saturated heterocycles. The van der Waals surface area contributed by atoms with Crippen molar-refractivity contribution >= 4 is 28.1 Å². The summed E-state index contributed by atoms with van der Waals surface area (Å²) >= 11 is 3.35. The van der Waals surface area contributed by atoms with Crippen LogP contribution in [0, 0.1) is 12.3 Å². The van der Waals surface area contributed by atoms with E-state index in [2.05, 4.69) is 32.4 Å². The summed E-state index contributed by atoms with van der Waals surface area (Å²) in [7, 11) is 0. The normalized spacial score (nSPS) is 10.3. The second-order valence-electron chi connectivity index (χ2n) is 4.39. The molecule has 5 nitrogen and oxygen atoms in total. The van der Waals surface area contributed by atoms with Crippen molar-refractivity contribution in [1.82, 2.24) is 5.43 Å². The molecule has 6 heteroatoms. The fraction of sp³-hybridized carbons (Fsp3) is 0.0588. The van der Waals surface area contributed by atoms with Crippen LogP contribution in [-0.2, 0) is 0 Å². The Morgan fingerprint density at radius 1 is 1.39 bits per heavy atom. The molecule has 0 aliphatic heterocycles. The van der Waals surface area contributed by atoms with E-state index in [4.69, 9.17) is 11.2 Å². The maximum absolute atomic E-state index is 11.9. The lowest BCUT2D eigenvalue weighted by molar-refractivity contribution is 0.0952. The van der Waals surface area contributed by atoms with Gasteiger partial charge in [0.1, 0.15) is 18.1 Å². The second kappa shape index (κ2) is 8.01. The van der Waals surface area contributed by atoms with Gasteiger partial charge in [-0.15, -0.1) is 6.42 Å². The van der Waals surface area contributed by atoms with E-state index in [0.717, 1.165) is 4.47 Å². The van der Waals surface area contributed by atoms with Crippen LogP contribution < -0.4 is 10.2 Å². The highest BCUT2D eigenvalue weighted by atomic mass is 79.9. The molecular formula is C17H13BrN2O3. The van der Waals surface area contributed by atoms with Gasteiger partial charge in [-0.1, -0.05) is 34.0 Å². The molecule has 116 valence electrons. The number of hydrogen-bond acceptors (Lipinski definition) is 4. The fourth-order valence-corrected chi connectivity index (χ4v) is 2.14. The van der Waals surface area contributed by atoms with Crippen molar-refractivity contribution in [3.63, 3.8) is 0 Å². The second-order valence-corrected chi connectivity index (χ2v) is 5.31. The molecule has 0 aliphatic rings. The number of carbonyl (C=O) groups is 1. The maximum atomic E-state index is 11.9. The van der Waals surface area contributed by atoms with Gasteiger partial charge in [-0.2, -0.15) is 5.10 Å². The Morgan fingerprint density at radius 3 is 2.91 bits per heavy atom. The van der Waals surface area contributed by atoms with Crippen molar-refractivity contribution in [3.05, 3.63) is 58.1 Å². The zero-order valence-corrected chi connectivity index (χ0v) is 13.6. The summed E-state index contributed by atoms with van der Waals surface area (Å²) in [5.41, 5.74) is 3.14. The average Bonchev–Trinajstić information content (AvgIpc) is 2.54. The standard InChI is InChI=1S/C17H13BrN2O3/c1-2-9-23-16-8-7-13(18)10-12(16)11-19-20-17(22)14-5-3-4-6-15(14)21/h1,3-8,10-11,21H,9H2,(H,20,22)/b19-11+. The summed E-state index contributed by atoms with van der Waals surface area (Å²) in [5.74, 6) is 2.31. The Kier molecular flexibility index (Phi) is 5.78. The van der Waals surface area contributed by atoms with Crippen LogP contribution in [0.5, 0.6) is 11.5 Å². The number of phenols is 1. The summed E-state index contributed by atoms with van der Waals surface area (Å²) in [6, 6.07) is 11.5. The van der Waals surface area contributed by atoms with Crippen molar-refractivity contribution in [2.45, 2.75) is 0 Å². The number of para-hydroxylation sites is 1. The van der Waals surface area contributed by atoms with E-state index in [1.807, 2.05) is 6.07 Å². The minimum Gasteiger partial charge on any atom is -0.507 e. The molecule has 0 aromatic heterocycles. The molecular weight excluding hydrogens is 360 g/mol. The minimum atomic E-state index is -0.513. The smallest absolute Gasteiger partial charge is 0.275 e. The van der Waals surface area contributed by atoms with E-state index < -0.39 is 5.91 Å². The highest BCUT2D eigenvalue weighted by Gasteiger charge is 2.09. The molecule has 1 amide bonds. The highest BCUT2D eigenvalue weighted by Crippen LogP contribution is 2.21. The van der Waals surface area contributed by atoms with Crippen molar-refractivity contribution < 1.29 is 14.6 Å². The van der Waals surface area contributed by atoms with Crippen molar-refractivity contribution in [1.29, 1.82) is 0 Å². The predicted molar refractivity (Wildman–Crippen MR) is 91.6 cm³/mol. The molecule has 0 radical (unpaired) electrons. The third-order valence-corrected chi connectivity index (χ3v) is 3.29. The third kappa shape index (κ3) is 4.59. The van der Waals surface area contributed by atoms with Crippen LogP contribution in [0.3, 0.4) is 0 Å². The van der Waals surface area contributed by atoms with Gasteiger partial charge in [0.15, 0.2) is 0 Å². The van der Waals surface area contributed by atoms with E-state index in [0.29, 0.717) is 11.3 Å². The average molecular weight is 373 g/mol. The van der Waals surface area contributed by atoms with Crippen LogP contribution in [-0.4, -0.2) is 23.8 Å². The molecule has 2 rings (SSSR count). The number of amides is 1. The SMILES string of the molecule is C#CCOc1ccc(Br)cc1/C=N/NC(=O)c1ccccc1O. The molecule has 0 atom stereocenters. The van der Waals surface area contributed by atoms with Gasteiger partial charge >= 0.3 is 0 Å². The fourth-order valence-electron chi connectivity index (χ4n) is 1.76. The van der Waals surface area contributed by atoms with E-state index in [-0.39, 0.29) is 17.9 Å². The van der Waals surface area contributed by atoms with E-state index in [1.165, 1.54) is 18.3 Å². The lowest BCUT2D eigenvalue weighted by atomic mass is 10.2. The van der Waals surface area contributed by atoms with Crippen LogP contribution >= 0.6 is 15.9 Å². The van der Waals surface area contributed by atoms with Crippen molar-refractivity contribution in [2.75, 3.05) is 6.61 Å². The number of hydrazone groups is 1. The molecule has 2 aromatic carbocycles. The van der Waals surface area contributed by atoms with E-state index in [9.17, 15) is 9.90 Å². The number of hydrogen-bond donors (Lipinski definition) is 2. The Hall–Kier alpha value is -2.78. The third-order valence-electron chi connectivity index (χ3n) is 2.80. The van der Waals surface area contributed by atoms with Crippen LogP contribution in [0.4, 0.5) is 0 Å². The number of terminal acetylenes is 1. The summed E-state index contributed by atoms with van der Waals surface area (Å²) in [4.78, 5) is 11.9. The Bertz CT molecular complexity index is 782. The zero-order chi connectivity index (χ0) is 16.7. The van der Waals surface area contributed by atoms with Crippen molar-refractivity contribution in [3.8, 4) is 23.8 Å². The number of carbonyl (C=O) groups excluding carboxylic acids is 1. The largest absolute Gasteiger partial charge is 0.507 e. The van der Waals surface area contributed by atoms with Crippen LogP contribution in [0.15, 0.2) is 52.0 Å². The summed E-state index contributed by atoms with van der Waals surface area (Å²) < 4.78 is 6.23. The van der Waals surface area contributed by atoms with Gasteiger partial charge < -0.3 is 9.84 Å². The van der Waals surface area contributed by atoms with Gasteiger partial charge in [0, 0.05) is 10.0 Å². The topological polar surface area (TPSA) is 70.9 Å². The molecule has 2 N–H and O–H groups in total. The minimum absolute atomic E-state index is 0.110. The monoisotopic (exact) mass is 372 g/mol. The Morgan fingerprint density at radius 2 is 2.17 bits per heavy atom. The first kappa shape index (κ1) is 16.6. The molecule has 0 heterocycles. The van der Waals surface area contributed by atoms with Gasteiger partial charge in [0.05, 0.1) is 11.8 Å². The maximum Gasteiger partial charge on any atom is 0.275 e. The number of aromatic hydroxyl groups is 1. The number of benzene rings is 2. The molecule has 23 heavy (non-hydrogen) atoms. The summed E-state index contributed by atoms with van der Waals surface area (Å²) in [5, 5.41) is 13.5. The number of phenolic OH excluding ortho intramolecular Hbond substituents is 1. The highest BCUT2D eigenvalue weighted by molar-refractivity contribution is 9.10. The predicted octanol–water partition coefficient (Wildman–Crippen LogP) is 2.93. The summed E-state index contributed by atoms with van der Waals surface area (Å²) in [6.45, 7) is 0.132. The number of nitrogens with one attached hydrogen (secondary N) is 1. The first-order chi connectivity index (χ1) is 11.1. The Balaban J connectivity index is 2.11. The molecule has 2 aromatic rings. The number of rotatable bonds is 5. The van der Waals surface area contributed by atoms with Gasteiger partial charge in [-0.05, 0) is 30.3 Å². The molecule has 0 unspecified atom stereocenters. The van der Waals surface area contributed by atoms with E-state index >= 15 is 0 Å². The first-order valence-corrected chi connectivity index (χ1v) is 7.38. The quantitative estimate of drug-likeness (QED) is 0.481. The number of nitrogens with zero attached hydrogens (tertiary/aromatic N) is 1. The van der Waals surface area contributed by atoms with Crippen molar-refractivity contribution in [2.24, 2.45) is 5.10 Å². The molecule has 0 bridgehead atoms. The van der Waals surface area contributed by atoms with Gasteiger partial charge in [-0.25, -0.2) is 5.43 Å². The van der Waals surface area contributed by atoms with Gasteiger partial charge in [0.2, 0.25) is 0 Å². The zero-order valence-electron chi connectivity index (χ0n) is 12.0. The van der Waals surface area contributed by atoms with Crippen LogP contribution in [0.1, 0.15) is 15.9 Å². The number of ether oxygens (including phenoxy) is 1. The Labute approximate surface area is 142 Å². The number of halogens is 1. The van der Waals surface area contributed by atoms with Gasteiger partial charge in [-0.3, -0.25) is 4.79 Å². The molecule has 0 fully saturated rings. The lowest BCUT2D eigenvalue weighted by Gasteiger charge is -2.07. The first-order valence-electron chi connectivity index (χ1n) is 6.59. The molecule has 0 saturated carbocycles. The molecule has 0 aliphatic carbocycles. The van der Waals surface area contributed by atoms with Crippen LogP contribution in [0.25, 0.3) is 0 Å². The van der Waals surface area contributed by atoms with Gasteiger partial charge in [0.25, 0.3) is 5.91 Å².